The molecule has 1 aromatic rings. The van der Waals surface area contributed by atoms with Gasteiger partial charge in [-0.25, -0.2) is 13.1 Å². The number of hydrogen-bond donors (Lipinski definition) is 3. The van der Waals surface area contributed by atoms with Crippen LogP contribution in [0, 0.1) is 5.92 Å². The van der Waals surface area contributed by atoms with Crippen molar-refractivity contribution in [3.63, 3.8) is 0 Å². The molecule has 0 saturated carbocycles. The molecular formula is C12H18N2O5S. The third-order valence-electron chi connectivity index (χ3n) is 2.68. The van der Waals surface area contributed by atoms with E-state index in [1.165, 1.54) is 19.2 Å². The maximum Gasteiger partial charge on any atom is 0.252 e. The van der Waals surface area contributed by atoms with Crippen LogP contribution in [0.4, 0.5) is 0 Å². The van der Waals surface area contributed by atoms with Crippen molar-refractivity contribution in [2.45, 2.75) is 11.8 Å². The van der Waals surface area contributed by atoms with Gasteiger partial charge in [-0.15, -0.1) is 0 Å². The number of benzene rings is 1. The summed E-state index contributed by atoms with van der Waals surface area (Å²) in [5.41, 5.74) is 5.17. The van der Waals surface area contributed by atoms with E-state index in [1.54, 1.807) is 6.92 Å². The molecule has 1 atom stereocenters. The van der Waals surface area contributed by atoms with E-state index in [-0.39, 0.29) is 35.3 Å². The largest absolute Gasteiger partial charge is 0.496 e. The third-order valence-corrected chi connectivity index (χ3v) is 4.10. The molecule has 1 amide bonds. The first-order chi connectivity index (χ1) is 9.31. The van der Waals surface area contributed by atoms with Gasteiger partial charge in [-0.05, 0) is 24.1 Å². The van der Waals surface area contributed by atoms with Gasteiger partial charge in [-0.1, -0.05) is 6.92 Å². The van der Waals surface area contributed by atoms with Crippen molar-refractivity contribution in [1.29, 1.82) is 0 Å². The maximum absolute atomic E-state index is 12.0. The summed E-state index contributed by atoms with van der Waals surface area (Å²) in [5.74, 6) is -0.776. The molecule has 0 aliphatic rings. The van der Waals surface area contributed by atoms with Gasteiger partial charge < -0.3 is 15.6 Å². The van der Waals surface area contributed by atoms with Gasteiger partial charge in [0.2, 0.25) is 10.0 Å². The molecule has 0 radical (unpaired) electrons. The molecule has 7 nitrogen and oxygen atoms in total. The Labute approximate surface area is 117 Å². The van der Waals surface area contributed by atoms with Crippen LogP contribution in [0.2, 0.25) is 0 Å². The zero-order chi connectivity index (χ0) is 15.3. The van der Waals surface area contributed by atoms with Crippen molar-refractivity contribution < 1.29 is 23.1 Å². The fourth-order valence-corrected chi connectivity index (χ4v) is 2.64. The van der Waals surface area contributed by atoms with Crippen molar-refractivity contribution in [3.05, 3.63) is 23.8 Å². The zero-order valence-corrected chi connectivity index (χ0v) is 12.1. The normalized spacial score (nSPS) is 12.9. The first-order valence-corrected chi connectivity index (χ1v) is 7.38. The number of primary amides is 1. The van der Waals surface area contributed by atoms with Crippen LogP contribution in [-0.4, -0.2) is 39.7 Å². The standard InChI is InChI=1S/C12H18N2O5S/c1-8(7-15)6-14-20(17,18)9-3-4-11(19-2)10(5-9)12(13)16/h3-5,8,14-15H,6-7H2,1-2H3,(H2,13,16). The van der Waals surface area contributed by atoms with Gasteiger partial charge in [0.15, 0.2) is 0 Å². The van der Waals surface area contributed by atoms with E-state index in [0.717, 1.165) is 6.07 Å². The predicted octanol–water partition coefficient (Wildman–Crippen LogP) is -0.299. The highest BCUT2D eigenvalue weighted by atomic mass is 32.2. The second-order valence-electron chi connectivity index (χ2n) is 4.37. The third kappa shape index (κ3) is 3.92. The second kappa shape index (κ2) is 6.69. The topological polar surface area (TPSA) is 119 Å². The monoisotopic (exact) mass is 302 g/mol. The van der Waals surface area contributed by atoms with Crippen molar-refractivity contribution in [3.8, 4) is 5.75 Å². The molecule has 1 unspecified atom stereocenters. The first-order valence-electron chi connectivity index (χ1n) is 5.90. The molecule has 0 spiro atoms. The van der Waals surface area contributed by atoms with Gasteiger partial charge >= 0.3 is 0 Å². The number of hydrogen-bond acceptors (Lipinski definition) is 5. The summed E-state index contributed by atoms with van der Waals surface area (Å²) in [6.07, 6.45) is 0. The Morgan fingerprint density at radius 3 is 2.65 bits per heavy atom. The summed E-state index contributed by atoms with van der Waals surface area (Å²) in [6, 6.07) is 3.84. The lowest BCUT2D eigenvalue weighted by atomic mass is 10.2. The van der Waals surface area contributed by atoms with Crippen LogP contribution in [0.1, 0.15) is 17.3 Å². The highest BCUT2D eigenvalue weighted by molar-refractivity contribution is 7.89. The van der Waals surface area contributed by atoms with Crippen LogP contribution in [0.15, 0.2) is 23.1 Å². The number of aliphatic hydroxyl groups is 1. The fourth-order valence-electron chi connectivity index (χ4n) is 1.45. The SMILES string of the molecule is COc1ccc(S(=O)(=O)NCC(C)CO)cc1C(N)=O. The average Bonchev–Trinajstić information content (AvgIpc) is 2.43. The van der Waals surface area contributed by atoms with E-state index >= 15 is 0 Å². The van der Waals surface area contributed by atoms with Crippen molar-refractivity contribution in [1.82, 2.24) is 4.72 Å². The Bertz CT molecular complexity index is 586. The van der Waals surface area contributed by atoms with Gasteiger partial charge in [0, 0.05) is 13.2 Å². The van der Waals surface area contributed by atoms with E-state index in [4.69, 9.17) is 15.6 Å². The summed E-state index contributed by atoms with van der Waals surface area (Å²) in [7, 11) is -2.41. The number of carbonyl (C=O) groups excluding carboxylic acids is 1. The summed E-state index contributed by atoms with van der Waals surface area (Å²) >= 11 is 0. The molecule has 112 valence electrons. The maximum atomic E-state index is 12.0. The number of nitrogens with one attached hydrogen (secondary N) is 1. The van der Waals surface area contributed by atoms with E-state index in [0.29, 0.717) is 0 Å². The molecule has 20 heavy (non-hydrogen) atoms. The van der Waals surface area contributed by atoms with E-state index in [9.17, 15) is 13.2 Å². The van der Waals surface area contributed by atoms with Gasteiger partial charge in [0.05, 0.1) is 17.6 Å². The minimum atomic E-state index is -3.77. The predicted molar refractivity (Wildman–Crippen MR) is 73.0 cm³/mol. The molecule has 0 fully saturated rings. The smallest absolute Gasteiger partial charge is 0.252 e. The molecule has 0 bridgehead atoms. The molecule has 4 N–H and O–H groups in total. The van der Waals surface area contributed by atoms with E-state index < -0.39 is 15.9 Å². The van der Waals surface area contributed by atoms with Gasteiger partial charge in [-0.2, -0.15) is 0 Å². The van der Waals surface area contributed by atoms with E-state index in [1.807, 2.05) is 0 Å². The van der Waals surface area contributed by atoms with Crippen LogP contribution < -0.4 is 15.2 Å². The molecule has 0 aromatic heterocycles. The lowest BCUT2D eigenvalue weighted by Crippen LogP contribution is -2.30. The van der Waals surface area contributed by atoms with Crippen molar-refractivity contribution in [2.75, 3.05) is 20.3 Å². The number of carbonyl (C=O) groups is 1. The summed E-state index contributed by atoms with van der Waals surface area (Å²) in [4.78, 5) is 11.2. The first kappa shape index (κ1) is 16.4. The Hall–Kier alpha value is -1.64. The number of methoxy groups -OCH3 is 1. The molecule has 1 rings (SSSR count). The van der Waals surface area contributed by atoms with Crippen LogP contribution in [0.3, 0.4) is 0 Å². The van der Waals surface area contributed by atoms with Gasteiger partial charge in [-0.3, -0.25) is 4.79 Å². The minimum absolute atomic E-state index is 0.00872. The molecule has 8 heteroatoms. The lowest BCUT2D eigenvalue weighted by Gasteiger charge is -2.12. The van der Waals surface area contributed by atoms with Crippen LogP contribution >= 0.6 is 0 Å². The number of ether oxygens (including phenoxy) is 1. The fraction of sp³-hybridized carbons (Fsp3) is 0.417. The zero-order valence-electron chi connectivity index (χ0n) is 11.3. The lowest BCUT2D eigenvalue weighted by molar-refractivity contribution is 0.0997. The van der Waals surface area contributed by atoms with Gasteiger partial charge in [0.1, 0.15) is 5.75 Å². The summed E-state index contributed by atoms with van der Waals surface area (Å²) in [5, 5.41) is 8.87. The Kier molecular flexibility index (Phi) is 5.49. The van der Waals surface area contributed by atoms with E-state index in [2.05, 4.69) is 4.72 Å². The summed E-state index contributed by atoms with van der Waals surface area (Å²) < 4.78 is 31.4. The molecule has 0 aliphatic heterocycles. The number of amides is 1. The van der Waals surface area contributed by atoms with Crippen molar-refractivity contribution in [2.24, 2.45) is 11.7 Å². The number of rotatable bonds is 7. The van der Waals surface area contributed by atoms with Crippen LogP contribution in [0.25, 0.3) is 0 Å². The van der Waals surface area contributed by atoms with Crippen molar-refractivity contribution >= 4 is 15.9 Å². The number of aliphatic hydroxyl groups excluding tert-OH is 1. The Morgan fingerprint density at radius 1 is 1.50 bits per heavy atom. The molecular weight excluding hydrogens is 284 g/mol. The van der Waals surface area contributed by atoms with Crippen LogP contribution in [0.5, 0.6) is 5.75 Å². The molecule has 0 saturated heterocycles. The molecule has 0 heterocycles. The highest BCUT2D eigenvalue weighted by Gasteiger charge is 2.19. The Morgan fingerprint density at radius 2 is 2.15 bits per heavy atom. The molecule has 1 aromatic carbocycles. The van der Waals surface area contributed by atoms with Crippen LogP contribution in [-0.2, 0) is 10.0 Å². The second-order valence-corrected chi connectivity index (χ2v) is 6.13. The molecule has 0 aliphatic carbocycles. The average molecular weight is 302 g/mol. The Balaban J connectivity index is 3.07. The minimum Gasteiger partial charge on any atom is -0.496 e. The summed E-state index contributed by atoms with van der Waals surface area (Å²) in [6.45, 7) is 1.67. The van der Waals surface area contributed by atoms with Gasteiger partial charge in [0.25, 0.3) is 5.91 Å². The number of sulfonamides is 1. The number of nitrogens with two attached hydrogens (primary N) is 1. The quantitative estimate of drug-likeness (QED) is 0.639. The highest BCUT2D eigenvalue weighted by Crippen LogP contribution is 2.22.